The van der Waals surface area contributed by atoms with Crippen molar-refractivity contribution in [3.05, 3.63) is 0 Å². The Bertz CT molecular complexity index is 262. The average molecular weight is 209 g/mol. The number of hydrogen-bond donors (Lipinski definition) is 1. The van der Waals surface area contributed by atoms with Crippen LogP contribution in [-0.2, 0) is 9.84 Å². The van der Waals surface area contributed by atoms with Gasteiger partial charge in [0.25, 0.3) is 0 Å². The number of thiocarbonyl (C=S) groups is 1. The zero-order valence-corrected chi connectivity index (χ0v) is 9.26. The van der Waals surface area contributed by atoms with E-state index in [0.717, 1.165) is 0 Å². The number of hydrogen-bond acceptors (Lipinski definition) is 3. The van der Waals surface area contributed by atoms with E-state index in [1.807, 2.05) is 0 Å². The fourth-order valence-corrected chi connectivity index (χ4v) is 1.87. The van der Waals surface area contributed by atoms with Crippen molar-refractivity contribution in [3.8, 4) is 0 Å². The molecule has 0 aliphatic rings. The second-order valence-corrected chi connectivity index (χ2v) is 7.03. The molecule has 0 aromatic rings. The first-order chi connectivity index (χ1) is 5.17. The summed E-state index contributed by atoms with van der Waals surface area (Å²) in [4.78, 5) is 0.253. The summed E-state index contributed by atoms with van der Waals surface area (Å²) in [5.41, 5.74) is 5.21. The fraction of sp³-hybridized carbons (Fsp3) is 0.857. The molecule has 0 aromatic heterocycles. The predicted molar refractivity (Wildman–Crippen MR) is 54.9 cm³/mol. The standard InChI is InChI=1S/C7H15NO2S2/c1-7(2,3)12(9,10)5-4-6(8)11/h4-5H2,1-3H3,(H2,8,11). The van der Waals surface area contributed by atoms with Crippen molar-refractivity contribution < 1.29 is 8.42 Å². The summed E-state index contributed by atoms with van der Waals surface area (Å²) in [5, 5.41) is 0. The molecule has 5 heteroatoms. The van der Waals surface area contributed by atoms with Crippen molar-refractivity contribution in [2.24, 2.45) is 5.73 Å². The van der Waals surface area contributed by atoms with E-state index in [0.29, 0.717) is 0 Å². The molecule has 0 aliphatic heterocycles. The predicted octanol–water partition coefficient (Wildman–Crippen LogP) is 0.876. The lowest BCUT2D eigenvalue weighted by molar-refractivity contribution is 0.560. The summed E-state index contributed by atoms with van der Waals surface area (Å²) >= 11 is 4.60. The van der Waals surface area contributed by atoms with Crippen LogP contribution in [-0.4, -0.2) is 23.9 Å². The van der Waals surface area contributed by atoms with Crippen LogP contribution in [0.1, 0.15) is 27.2 Å². The van der Waals surface area contributed by atoms with E-state index in [2.05, 4.69) is 12.2 Å². The fourth-order valence-electron chi connectivity index (χ4n) is 0.541. The molecule has 3 nitrogen and oxygen atoms in total. The van der Waals surface area contributed by atoms with Gasteiger partial charge in [0.05, 0.1) is 15.5 Å². The van der Waals surface area contributed by atoms with Gasteiger partial charge in [-0.05, 0) is 20.8 Å². The Labute approximate surface area is 79.3 Å². The Morgan fingerprint density at radius 2 is 1.83 bits per heavy atom. The smallest absolute Gasteiger partial charge is 0.155 e. The lowest BCUT2D eigenvalue weighted by atomic mass is 10.3. The molecular formula is C7H15NO2S2. The van der Waals surface area contributed by atoms with E-state index in [9.17, 15) is 8.42 Å². The highest BCUT2D eigenvalue weighted by molar-refractivity contribution is 7.92. The quantitative estimate of drug-likeness (QED) is 0.701. The van der Waals surface area contributed by atoms with Crippen LogP contribution < -0.4 is 5.73 Å². The van der Waals surface area contributed by atoms with Gasteiger partial charge in [-0.15, -0.1) is 0 Å². The zero-order valence-electron chi connectivity index (χ0n) is 7.62. The van der Waals surface area contributed by atoms with Crippen molar-refractivity contribution >= 4 is 27.0 Å². The normalized spacial score (nSPS) is 12.9. The maximum Gasteiger partial charge on any atom is 0.155 e. The van der Waals surface area contributed by atoms with Gasteiger partial charge < -0.3 is 5.73 Å². The summed E-state index contributed by atoms with van der Waals surface area (Å²) in [7, 11) is -3.06. The lowest BCUT2D eigenvalue weighted by Gasteiger charge is -2.18. The molecule has 0 bridgehead atoms. The zero-order chi connectivity index (χ0) is 9.99. The number of nitrogens with two attached hydrogens (primary N) is 1. The van der Waals surface area contributed by atoms with Crippen LogP contribution in [0.3, 0.4) is 0 Å². The third-order valence-electron chi connectivity index (χ3n) is 1.55. The molecule has 0 saturated heterocycles. The highest BCUT2D eigenvalue weighted by Crippen LogP contribution is 2.16. The summed E-state index contributed by atoms with van der Waals surface area (Å²) in [6.45, 7) is 5.01. The second kappa shape index (κ2) is 3.70. The van der Waals surface area contributed by atoms with Gasteiger partial charge >= 0.3 is 0 Å². The van der Waals surface area contributed by atoms with Crippen LogP contribution in [0.15, 0.2) is 0 Å². The summed E-state index contributed by atoms with van der Waals surface area (Å²) < 4.78 is 22.2. The first-order valence-corrected chi connectivity index (χ1v) is 5.73. The molecule has 0 radical (unpaired) electrons. The molecule has 0 saturated carbocycles. The molecule has 0 atom stereocenters. The Balaban J connectivity index is 4.37. The first-order valence-electron chi connectivity index (χ1n) is 3.67. The van der Waals surface area contributed by atoms with E-state index >= 15 is 0 Å². The SMILES string of the molecule is CC(C)(C)S(=O)(=O)CCC(N)=S. The Morgan fingerprint density at radius 1 is 1.42 bits per heavy atom. The van der Waals surface area contributed by atoms with Crippen LogP contribution in [0.4, 0.5) is 0 Å². The molecule has 0 aromatic carbocycles. The van der Waals surface area contributed by atoms with Gasteiger partial charge in [0, 0.05) is 6.42 Å². The molecule has 0 spiro atoms. The number of sulfone groups is 1. The highest BCUT2D eigenvalue weighted by Gasteiger charge is 2.28. The lowest BCUT2D eigenvalue weighted by Crippen LogP contribution is -2.31. The van der Waals surface area contributed by atoms with Crippen LogP contribution in [0.5, 0.6) is 0 Å². The largest absolute Gasteiger partial charge is 0.393 e. The molecule has 0 amide bonds. The third kappa shape index (κ3) is 3.49. The van der Waals surface area contributed by atoms with Crippen molar-refractivity contribution in [3.63, 3.8) is 0 Å². The van der Waals surface area contributed by atoms with Gasteiger partial charge in [-0.3, -0.25) is 0 Å². The summed E-state index contributed by atoms with van der Waals surface area (Å²) in [6, 6.07) is 0. The maximum atomic E-state index is 11.4. The monoisotopic (exact) mass is 209 g/mol. The minimum absolute atomic E-state index is 0.0475. The van der Waals surface area contributed by atoms with Crippen LogP contribution in [0.25, 0.3) is 0 Å². The summed E-state index contributed by atoms with van der Waals surface area (Å²) in [5.74, 6) is 0.0475. The van der Waals surface area contributed by atoms with Crippen LogP contribution >= 0.6 is 12.2 Å². The Kier molecular flexibility index (Phi) is 3.65. The molecule has 12 heavy (non-hydrogen) atoms. The van der Waals surface area contributed by atoms with E-state index in [4.69, 9.17) is 5.73 Å². The van der Waals surface area contributed by atoms with Crippen LogP contribution in [0.2, 0.25) is 0 Å². The average Bonchev–Trinajstić information content (AvgIpc) is 1.81. The van der Waals surface area contributed by atoms with Crippen molar-refractivity contribution in [2.75, 3.05) is 5.75 Å². The highest BCUT2D eigenvalue weighted by atomic mass is 32.2. The molecule has 0 aliphatic carbocycles. The van der Waals surface area contributed by atoms with Gasteiger partial charge in [0.15, 0.2) is 9.84 Å². The molecule has 0 rings (SSSR count). The Morgan fingerprint density at radius 3 is 2.08 bits per heavy atom. The van der Waals surface area contributed by atoms with Crippen LogP contribution in [0, 0.1) is 0 Å². The maximum absolute atomic E-state index is 11.4. The third-order valence-corrected chi connectivity index (χ3v) is 4.36. The van der Waals surface area contributed by atoms with Gasteiger partial charge in [-0.25, -0.2) is 8.42 Å². The molecule has 0 unspecified atom stereocenters. The van der Waals surface area contributed by atoms with Crippen molar-refractivity contribution in [2.45, 2.75) is 31.9 Å². The second-order valence-electron chi connectivity index (χ2n) is 3.65. The minimum atomic E-state index is -3.06. The van der Waals surface area contributed by atoms with Crippen molar-refractivity contribution in [1.82, 2.24) is 0 Å². The van der Waals surface area contributed by atoms with Gasteiger partial charge in [0.1, 0.15) is 0 Å². The molecule has 2 N–H and O–H groups in total. The van der Waals surface area contributed by atoms with Gasteiger partial charge in [0.2, 0.25) is 0 Å². The minimum Gasteiger partial charge on any atom is -0.393 e. The topological polar surface area (TPSA) is 60.2 Å². The van der Waals surface area contributed by atoms with Gasteiger partial charge in [-0.1, -0.05) is 12.2 Å². The Hall–Kier alpha value is -0.160. The van der Waals surface area contributed by atoms with E-state index < -0.39 is 14.6 Å². The summed E-state index contributed by atoms with van der Waals surface area (Å²) in [6.07, 6.45) is 0.273. The molecule has 72 valence electrons. The number of rotatable bonds is 3. The molecule has 0 heterocycles. The van der Waals surface area contributed by atoms with E-state index in [-0.39, 0.29) is 17.2 Å². The van der Waals surface area contributed by atoms with Crippen molar-refractivity contribution in [1.29, 1.82) is 0 Å². The van der Waals surface area contributed by atoms with E-state index in [1.165, 1.54) is 0 Å². The molecule has 0 fully saturated rings. The van der Waals surface area contributed by atoms with Gasteiger partial charge in [-0.2, -0.15) is 0 Å². The van der Waals surface area contributed by atoms with E-state index in [1.54, 1.807) is 20.8 Å². The molecular weight excluding hydrogens is 194 g/mol. The first kappa shape index (κ1) is 11.8.